The molecule has 1 aromatic carbocycles. The smallest absolute Gasteiger partial charge is 0.337 e. The highest BCUT2D eigenvalue weighted by molar-refractivity contribution is 6.05. The minimum absolute atomic E-state index is 0.161. The summed E-state index contributed by atoms with van der Waals surface area (Å²) >= 11 is 0. The van der Waals surface area contributed by atoms with Gasteiger partial charge in [0.1, 0.15) is 0 Å². The van der Waals surface area contributed by atoms with Crippen molar-refractivity contribution in [3.63, 3.8) is 0 Å². The summed E-state index contributed by atoms with van der Waals surface area (Å²) in [5, 5.41) is 1.01. The minimum Gasteiger partial charge on any atom is -0.465 e. The van der Waals surface area contributed by atoms with Crippen molar-refractivity contribution in [1.82, 2.24) is 4.98 Å². The zero-order chi connectivity index (χ0) is 14.6. The number of fused-ring (bicyclic) bond motifs is 4. The number of aromatic amines is 1. The molecule has 1 spiro atoms. The van der Waals surface area contributed by atoms with Crippen LogP contribution in [0, 0.1) is 0 Å². The molecular formula is C17H17NO3. The van der Waals surface area contributed by atoms with Gasteiger partial charge in [0.15, 0.2) is 5.78 Å². The van der Waals surface area contributed by atoms with Crippen molar-refractivity contribution in [3.8, 4) is 0 Å². The van der Waals surface area contributed by atoms with E-state index in [1.165, 1.54) is 7.11 Å². The Hall–Kier alpha value is -2.10. The van der Waals surface area contributed by atoms with E-state index in [-0.39, 0.29) is 17.2 Å². The maximum atomic E-state index is 12.3. The third kappa shape index (κ3) is 1.75. The van der Waals surface area contributed by atoms with Gasteiger partial charge in [-0.2, -0.15) is 0 Å². The number of aromatic nitrogens is 1. The average molecular weight is 283 g/mol. The number of ketones is 1. The molecule has 1 heterocycles. The van der Waals surface area contributed by atoms with E-state index in [2.05, 4.69) is 4.98 Å². The molecule has 1 saturated carbocycles. The number of H-pyrrole nitrogens is 1. The Labute approximate surface area is 122 Å². The summed E-state index contributed by atoms with van der Waals surface area (Å²) in [6.07, 6.45) is 4.93. The number of hydrogen-bond donors (Lipinski definition) is 1. The van der Waals surface area contributed by atoms with Crippen LogP contribution in [-0.4, -0.2) is 23.8 Å². The highest BCUT2D eigenvalue weighted by Crippen LogP contribution is 2.56. The summed E-state index contributed by atoms with van der Waals surface area (Å²) in [6.45, 7) is 0. The molecule has 0 bridgehead atoms. The first-order valence-electron chi connectivity index (χ1n) is 7.42. The number of benzene rings is 1. The van der Waals surface area contributed by atoms with E-state index < -0.39 is 0 Å². The van der Waals surface area contributed by atoms with Gasteiger partial charge in [-0.3, -0.25) is 4.79 Å². The molecule has 21 heavy (non-hydrogen) atoms. The second-order valence-electron chi connectivity index (χ2n) is 6.18. The molecule has 0 radical (unpaired) electrons. The number of esters is 1. The highest BCUT2D eigenvalue weighted by Gasteiger charge is 2.48. The molecule has 1 fully saturated rings. The lowest BCUT2D eigenvalue weighted by atomic mass is 9.90. The molecule has 0 atom stereocenters. The Morgan fingerprint density at radius 2 is 2.10 bits per heavy atom. The number of methoxy groups -OCH3 is 1. The molecule has 0 aliphatic heterocycles. The molecule has 4 heteroatoms. The Morgan fingerprint density at radius 1 is 1.29 bits per heavy atom. The fourth-order valence-corrected chi connectivity index (χ4v) is 3.68. The number of Topliss-reactive ketones (excluding diaryl/α,β-unsaturated/α-hetero) is 1. The van der Waals surface area contributed by atoms with Gasteiger partial charge in [-0.05, 0) is 54.9 Å². The van der Waals surface area contributed by atoms with Gasteiger partial charge in [-0.1, -0.05) is 0 Å². The topological polar surface area (TPSA) is 59.2 Å². The van der Waals surface area contributed by atoms with Crippen molar-refractivity contribution in [3.05, 3.63) is 35.0 Å². The van der Waals surface area contributed by atoms with Crippen molar-refractivity contribution in [2.75, 3.05) is 7.11 Å². The summed E-state index contributed by atoms with van der Waals surface area (Å²) in [6, 6.07) is 5.49. The summed E-state index contributed by atoms with van der Waals surface area (Å²) < 4.78 is 4.80. The molecule has 0 unspecified atom stereocenters. The Morgan fingerprint density at radius 3 is 2.81 bits per heavy atom. The lowest BCUT2D eigenvalue weighted by Crippen LogP contribution is -2.07. The number of ether oxygens (including phenoxy) is 1. The van der Waals surface area contributed by atoms with Crippen LogP contribution < -0.4 is 0 Å². The van der Waals surface area contributed by atoms with Gasteiger partial charge >= 0.3 is 5.97 Å². The lowest BCUT2D eigenvalue weighted by molar-refractivity contribution is 0.0600. The van der Waals surface area contributed by atoms with E-state index in [1.54, 1.807) is 6.07 Å². The molecule has 2 aromatic rings. The van der Waals surface area contributed by atoms with Gasteiger partial charge in [-0.25, -0.2) is 4.79 Å². The fourth-order valence-electron chi connectivity index (χ4n) is 3.68. The van der Waals surface area contributed by atoms with Crippen molar-refractivity contribution in [2.24, 2.45) is 0 Å². The first kappa shape index (κ1) is 12.6. The third-order valence-electron chi connectivity index (χ3n) is 4.94. The second-order valence-corrected chi connectivity index (χ2v) is 6.18. The highest BCUT2D eigenvalue weighted by atomic mass is 16.5. The second kappa shape index (κ2) is 4.20. The summed E-state index contributed by atoms with van der Waals surface area (Å²) in [4.78, 5) is 27.4. The lowest BCUT2D eigenvalue weighted by Gasteiger charge is -2.13. The van der Waals surface area contributed by atoms with Gasteiger partial charge in [0.05, 0.1) is 18.4 Å². The first-order chi connectivity index (χ1) is 10.1. The average Bonchev–Trinajstić information content (AvgIpc) is 3.19. The molecule has 4 rings (SSSR count). The SMILES string of the molecule is COC(=O)c1ccc2[nH]c3c(c2c1)C1(CCCC3=O)CC1. The van der Waals surface area contributed by atoms with Crippen LogP contribution in [0.15, 0.2) is 18.2 Å². The Bertz CT molecular complexity index is 768. The predicted molar refractivity (Wildman–Crippen MR) is 78.7 cm³/mol. The molecule has 1 N–H and O–H groups in total. The normalized spacial score (nSPS) is 19.4. The maximum Gasteiger partial charge on any atom is 0.337 e. The van der Waals surface area contributed by atoms with Crippen molar-refractivity contribution < 1.29 is 14.3 Å². The summed E-state index contributed by atoms with van der Waals surface area (Å²) in [5.74, 6) is -0.138. The van der Waals surface area contributed by atoms with Crippen molar-refractivity contribution in [2.45, 2.75) is 37.5 Å². The molecule has 0 amide bonds. The number of nitrogens with one attached hydrogen (secondary N) is 1. The maximum absolute atomic E-state index is 12.3. The van der Waals surface area contributed by atoms with Gasteiger partial charge in [-0.15, -0.1) is 0 Å². The van der Waals surface area contributed by atoms with Crippen LogP contribution in [-0.2, 0) is 10.2 Å². The Kier molecular flexibility index (Phi) is 2.52. The van der Waals surface area contributed by atoms with Gasteiger partial charge < -0.3 is 9.72 Å². The Balaban J connectivity index is 1.98. The summed E-state index contributed by atoms with van der Waals surface area (Å²) in [5.41, 5.74) is 3.55. The van der Waals surface area contributed by atoms with Crippen LogP contribution in [0.4, 0.5) is 0 Å². The predicted octanol–water partition coefficient (Wildman–Crippen LogP) is 3.35. The van der Waals surface area contributed by atoms with E-state index in [0.29, 0.717) is 12.0 Å². The number of hydrogen-bond acceptors (Lipinski definition) is 3. The zero-order valence-electron chi connectivity index (χ0n) is 12.0. The fraction of sp³-hybridized carbons (Fsp3) is 0.412. The van der Waals surface area contributed by atoms with E-state index in [9.17, 15) is 9.59 Å². The number of carbonyl (C=O) groups is 2. The molecule has 108 valence electrons. The van der Waals surface area contributed by atoms with Gasteiger partial charge in [0.25, 0.3) is 0 Å². The van der Waals surface area contributed by atoms with Gasteiger partial charge in [0, 0.05) is 17.3 Å². The zero-order valence-corrected chi connectivity index (χ0v) is 12.0. The van der Waals surface area contributed by atoms with Crippen LogP contribution >= 0.6 is 0 Å². The summed E-state index contributed by atoms with van der Waals surface area (Å²) in [7, 11) is 1.38. The standard InChI is InChI=1S/C17H17NO3/c1-21-16(20)10-4-5-12-11(9-10)14-15(18-12)13(19)3-2-6-17(14)7-8-17/h4-5,9,18H,2-3,6-8H2,1H3. The molecular weight excluding hydrogens is 266 g/mol. The van der Waals surface area contributed by atoms with E-state index in [0.717, 1.165) is 47.8 Å². The molecule has 0 saturated heterocycles. The largest absolute Gasteiger partial charge is 0.465 e. The molecule has 1 aromatic heterocycles. The monoisotopic (exact) mass is 283 g/mol. The van der Waals surface area contributed by atoms with Gasteiger partial charge in [0.2, 0.25) is 0 Å². The molecule has 4 nitrogen and oxygen atoms in total. The minimum atomic E-state index is -0.336. The molecule has 2 aliphatic rings. The molecule has 2 aliphatic carbocycles. The number of carbonyl (C=O) groups excluding carboxylic acids is 2. The van der Waals surface area contributed by atoms with E-state index >= 15 is 0 Å². The third-order valence-corrected chi connectivity index (χ3v) is 4.94. The van der Waals surface area contributed by atoms with E-state index in [1.807, 2.05) is 12.1 Å². The van der Waals surface area contributed by atoms with Crippen molar-refractivity contribution in [1.29, 1.82) is 0 Å². The van der Waals surface area contributed by atoms with E-state index in [4.69, 9.17) is 4.74 Å². The first-order valence-corrected chi connectivity index (χ1v) is 7.42. The van der Waals surface area contributed by atoms with Crippen LogP contribution in [0.5, 0.6) is 0 Å². The quantitative estimate of drug-likeness (QED) is 0.816. The van der Waals surface area contributed by atoms with Crippen LogP contribution in [0.3, 0.4) is 0 Å². The van der Waals surface area contributed by atoms with Crippen LogP contribution in [0.2, 0.25) is 0 Å². The van der Waals surface area contributed by atoms with Crippen LogP contribution in [0.25, 0.3) is 10.9 Å². The number of rotatable bonds is 1. The van der Waals surface area contributed by atoms with Crippen molar-refractivity contribution >= 4 is 22.7 Å². The van der Waals surface area contributed by atoms with Crippen LogP contribution in [0.1, 0.15) is 58.5 Å².